The molecule has 0 fully saturated rings. The fourth-order valence-electron chi connectivity index (χ4n) is 3.01. The van der Waals surface area contributed by atoms with Gasteiger partial charge in [0.15, 0.2) is 0 Å². The number of nitrogens with one attached hydrogen (secondary N) is 1. The summed E-state index contributed by atoms with van der Waals surface area (Å²) in [5.74, 6) is 0.775. The first-order valence-corrected chi connectivity index (χ1v) is 8.63. The number of carbonyl (C=O) groups excluding carboxylic acids is 2. The van der Waals surface area contributed by atoms with Crippen LogP contribution in [0.2, 0.25) is 0 Å². The minimum atomic E-state index is -0.941. The van der Waals surface area contributed by atoms with E-state index in [1.54, 1.807) is 18.2 Å². The number of hydrogen-bond acceptors (Lipinski definition) is 6. The minimum Gasteiger partial charge on any atom is -0.497 e. The Labute approximate surface area is 157 Å². The molecule has 1 aromatic carbocycles. The van der Waals surface area contributed by atoms with Gasteiger partial charge in [0.1, 0.15) is 17.6 Å². The Hall–Kier alpha value is -3.00. The highest BCUT2D eigenvalue weighted by molar-refractivity contribution is 5.87. The maximum absolute atomic E-state index is 12.5. The Balaban J connectivity index is 1.68. The van der Waals surface area contributed by atoms with Crippen LogP contribution in [-0.4, -0.2) is 51.5 Å². The summed E-state index contributed by atoms with van der Waals surface area (Å²) in [6.45, 7) is 1.57. The van der Waals surface area contributed by atoms with Crippen LogP contribution >= 0.6 is 0 Å². The van der Waals surface area contributed by atoms with Crippen molar-refractivity contribution in [3.63, 3.8) is 0 Å². The van der Waals surface area contributed by atoms with Gasteiger partial charge in [0.05, 0.1) is 26.0 Å². The van der Waals surface area contributed by atoms with Gasteiger partial charge in [0.25, 0.3) is 0 Å². The van der Waals surface area contributed by atoms with Gasteiger partial charge in [-0.05, 0) is 17.7 Å². The molecule has 8 heteroatoms. The molecule has 0 aliphatic carbocycles. The Morgan fingerprint density at radius 1 is 1.30 bits per heavy atom. The van der Waals surface area contributed by atoms with Crippen LogP contribution in [0.1, 0.15) is 29.6 Å². The number of methoxy groups -OCH3 is 1. The number of benzene rings is 1. The van der Waals surface area contributed by atoms with Crippen molar-refractivity contribution in [2.45, 2.75) is 32.5 Å². The van der Waals surface area contributed by atoms with E-state index in [1.165, 1.54) is 6.92 Å². The van der Waals surface area contributed by atoms with E-state index in [4.69, 9.17) is 4.74 Å². The summed E-state index contributed by atoms with van der Waals surface area (Å²) in [4.78, 5) is 34.2. The van der Waals surface area contributed by atoms with Crippen LogP contribution in [-0.2, 0) is 29.1 Å². The van der Waals surface area contributed by atoms with E-state index in [9.17, 15) is 14.7 Å². The van der Waals surface area contributed by atoms with Crippen molar-refractivity contribution in [1.82, 2.24) is 20.2 Å². The third-order valence-corrected chi connectivity index (χ3v) is 4.40. The molecule has 2 amide bonds. The van der Waals surface area contributed by atoms with Crippen molar-refractivity contribution in [3.8, 4) is 5.75 Å². The number of nitrogens with zero attached hydrogens (tertiary/aromatic N) is 3. The summed E-state index contributed by atoms with van der Waals surface area (Å²) in [7, 11) is 1.62. The lowest BCUT2D eigenvalue weighted by Gasteiger charge is -2.21. The molecule has 0 saturated carbocycles. The van der Waals surface area contributed by atoms with Gasteiger partial charge in [-0.15, -0.1) is 0 Å². The number of aliphatic hydroxyl groups is 1. The average molecular weight is 370 g/mol. The topological polar surface area (TPSA) is 105 Å². The SMILES string of the molecule is COc1ccc(Cc2ncc3c(n2)CN(C(=O)C(CO)NC(C)=O)C3)cc1. The van der Waals surface area contributed by atoms with Gasteiger partial charge >= 0.3 is 0 Å². The number of aromatic nitrogens is 2. The zero-order valence-corrected chi connectivity index (χ0v) is 15.3. The second-order valence-electron chi connectivity index (χ2n) is 6.41. The summed E-state index contributed by atoms with van der Waals surface area (Å²) >= 11 is 0. The molecule has 1 atom stereocenters. The van der Waals surface area contributed by atoms with E-state index in [1.807, 2.05) is 24.3 Å². The second kappa shape index (κ2) is 8.13. The van der Waals surface area contributed by atoms with Gasteiger partial charge in [0.2, 0.25) is 11.8 Å². The number of hydrogen-bond donors (Lipinski definition) is 2. The Bertz CT molecular complexity index is 838. The molecule has 0 bridgehead atoms. The van der Waals surface area contributed by atoms with Gasteiger partial charge < -0.3 is 20.1 Å². The van der Waals surface area contributed by atoms with Crippen molar-refractivity contribution in [2.24, 2.45) is 0 Å². The summed E-state index contributed by atoms with van der Waals surface area (Å²) in [6, 6.07) is 6.76. The van der Waals surface area contributed by atoms with Crippen LogP contribution in [0.4, 0.5) is 0 Å². The normalized spacial score (nSPS) is 13.8. The Kier molecular flexibility index (Phi) is 5.66. The van der Waals surface area contributed by atoms with Crippen molar-refractivity contribution in [3.05, 3.63) is 53.1 Å². The summed E-state index contributed by atoms with van der Waals surface area (Å²) in [5.41, 5.74) is 2.73. The van der Waals surface area contributed by atoms with Gasteiger partial charge in [-0.1, -0.05) is 12.1 Å². The van der Waals surface area contributed by atoms with Crippen LogP contribution in [0.25, 0.3) is 0 Å². The lowest BCUT2D eigenvalue weighted by atomic mass is 10.1. The fraction of sp³-hybridized carbons (Fsp3) is 0.368. The first-order chi connectivity index (χ1) is 13.0. The van der Waals surface area contributed by atoms with E-state index < -0.39 is 12.6 Å². The van der Waals surface area contributed by atoms with Crippen LogP contribution in [0.15, 0.2) is 30.5 Å². The molecule has 0 spiro atoms. The molecule has 3 rings (SSSR count). The molecule has 8 nitrogen and oxygen atoms in total. The van der Waals surface area contributed by atoms with Crippen molar-refractivity contribution >= 4 is 11.8 Å². The zero-order valence-electron chi connectivity index (χ0n) is 15.3. The molecule has 1 aliphatic rings. The number of rotatable bonds is 6. The van der Waals surface area contributed by atoms with Crippen LogP contribution in [0, 0.1) is 0 Å². The van der Waals surface area contributed by atoms with E-state index in [2.05, 4.69) is 15.3 Å². The average Bonchev–Trinajstić information content (AvgIpc) is 3.09. The molecule has 1 unspecified atom stereocenters. The van der Waals surface area contributed by atoms with Crippen molar-refractivity contribution in [2.75, 3.05) is 13.7 Å². The monoisotopic (exact) mass is 370 g/mol. The van der Waals surface area contributed by atoms with Gasteiger partial charge in [-0.25, -0.2) is 9.97 Å². The zero-order chi connectivity index (χ0) is 19.4. The van der Waals surface area contributed by atoms with E-state index >= 15 is 0 Å². The largest absolute Gasteiger partial charge is 0.497 e. The molecular formula is C19H22N4O4. The molecular weight excluding hydrogens is 348 g/mol. The minimum absolute atomic E-state index is 0.331. The molecule has 27 heavy (non-hydrogen) atoms. The molecule has 1 aromatic heterocycles. The summed E-state index contributed by atoms with van der Waals surface area (Å²) in [5, 5.41) is 11.8. The van der Waals surface area contributed by atoms with E-state index in [-0.39, 0.29) is 11.8 Å². The fourth-order valence-corrected chi connectivity index (χ4v) is 3.01. The molecule has 2 aromatic rings. The molecule has 0 radical (unpaired) electrons. The quantitative estimate of drug-likeness (QED) is 0.763. The third-order valence-electron chi connectivity index (χ3n) is 4.40. The molecule has 142 valence electrons. The highest BCUT2D eigenvalue weighted by Gasteiger charge is 2.30. The molecule has 2 N–H and O–H groups in total. The first-order valence-electron chi connectivity index (χ1n) is 8.63. The summed E-state index contributed by atoms with van der Waals surface area (Å²) in [6.07, 6.45) is 2.32. The summed E-state index contributed by atoms with van der Waals surface area (Å²) < 4.78 is 5.15. The van der Waals surface area contributed by atoms with Crippen LogP contribution in [0.3, 0.4) is 0 Å². The van der Waals surface area contributed by atoms with Crippen molar-refractivity contribution in [1.29, 1.82) is 0 Å². The van der Waals surface area contributed by atoms with Gasteiger partial charge in [-0.3, -0.25) is 9.59 Å². The number of aliphatic hydroxyl groups excluding tert-OH is 1. The van der Waals surface area contributed by atoms with Crippen molar-refractivity contribution < 1.29 is 19.4 Å². The standard InChI is InChI=1S/C19H22N4O4/c1-12(25)21-17(11-24)19(26)23-9-14-8-20-18(22-16(14)10-23)7-13-3-5-15(27-2)6-4-13/h3-6,8,17,24H,7,9-11H2,1-2H3,(H,21,25). The molecule has 1 aliphatic heterocycles. The predicted octanol–water partition coefficient (Wildman–Crippen LogP) is 0.415. The maximum Gasteiger partial charge on any atom is 0.248 e. The lowest BCUT2D eigenvalue weighted by Crippen LogP contribution is -2.48. The highest BCUT2D eigenvalue weighted by atomic mass is 16.5. The molecule has 2 heterocycles. The predicted molar refractivity (Wildman–Crippen MR) is 96.8 cm³/mol. The smallest absolute Gasteiger partial charge is 0.248 e. The second-order valence-corrected chi connectivity index (χ2v) is 6.41. The highest BCUT2D eigenvalue weighted by Crippen LogP contribution is 2.22. The Morgan fingerprint density at radius 2 is 2.04 bits per heavy atom. The number of fused-ring (bicyclic) bond motifs is 1. The van der Waals surface area contributed by atoms with Crippen LogP contribution < -0.4 is 10.1 Å². The maximum atomic E-state index is 12.5. The van der Waals surface area contributed by atoms with Crippen LogP contribution in [0.5, 0.6) is 5.75 Å². The number of ether oxygens (including phenoxy) is 1. The molecule has 0 saturated heterocycles. The van der Waals surface area contributed by atoms with Gasteiger partial charge in [-0.2, -0.15) is 0 Å². The first kappa shape index (κ1) is 18.8. The number of amides is 2. The lowest BCUT2D eigenvalue weighted by molar-refractivity contribution is -0.137. The Morgan fingerprint density at radius 3 is 2.67 bits per heavy atom. The van der Waals surface area contributed by atoms with E-state index in [0.29, 0.717) is 25.3 Å². The van der Waals surface area contributed by atoms with E-state index in [0.717, 1.165) is 22.6 Å². The number of carbonyl (C=O) groups is 2. The van der Waals surface area contributed by atoms with Gasteiger partial charge in [0, 0.05) is 31.6 Å². The third kappa shape index (κ3) is 4.40.